The Balaban J connectivity index is 0.00000338. The summed E-state index contributed by atoms with van der Waals surface area (Å²) in [5, 5.41) is 5.96. The summed E-state index contributed by atoms with van der Waals surface area (Å²) >= 11 is 0. The quantitative estimate of drug-likeness (QED) is 0.284. The molecule has 9 heteroatoms. The Labute approximate surface area is 166 Å². The number of hydrogen-bond acceptors (Lipinski definition) is 1. The van der Waals surface area contributed by atoms with Crippen LogP contribution in [0.25, 0.3) is 0 Å². The molecule has 0 saturated heterocycles. The molecule has 0 aromatic heterocycles. The van der Waals surface area contributed by atoms with Gasteiger partial charge in [0.25, 0.3) is 0 Å². The molecule has 1 aromatic carbocycles. The van der Waals surface area contributed by atoms with E-state index in [9.17, 15) is 22.0 Å². The first-order chi connectivity index (χ1) is 11.8. The number of rotatable bonds is 4. The zero-order chi connectivity index (χ0) is 18.4. The molecule has 2 rings (SSSR count). The molecule has 148 valence electrons. The van der Waals surface area contributed by atoms with Gasteiger partial charge in [-0.15, -0.1) is 24.0 Å². The van der Waals surface area contributed by atoms with Gasteiger partial charge in [-0.2, -0.15) is 13.2 Å². The number of alkyl halides is 3. The van der Waals surface area contributed by atoms with E-state index >= 15 is 0 Å². The number of nitrogens with zero attached hydrogens (tertiary/aromatic N) is 1. The summed E-state index contributed by atoms with van der Waals surface area (Å²) in [7, 11) is 1.53. The fourth-order valence-corrected chi connectivity index (χ4v) is 3.05. The lowest BCUT2D eigenvalue weighted by Gasteiger charge is -2.31. The van der Waals surface area contributed by atoms with Crippen molar-refractivity contribution in [1.82, 2.24) is 10.6 Å². The molecule has 0 amide bonds. The van der Waals surface area contributed by atoms with Crippen molar-refractivity contribution in [1.29, 1.82) is 0 Å². The lowest BCUT2D eigenvalue weighted by Crippen LogP contribution is -2.47. The van der Waals surface area contributed by atoms with E-state index in [4.69, 9.17) is 0 Å². The molecule has 1 aliphatic rings. The van der Waals surface area contributed by atoms with Crippen molar-refractivity contribution in [3.63, 3.8) is 0 Å². The highest BCUT2D eigenvalue weighted by Gasteiger charge is 2.42. The maximum Gasteiger partial charge on any atom is 0.391 e. The standard InChI is InChI=1S/C17H22F5N3.HI/c1-23-16(24-8-7-11-5-6-13(18)10-15(11)19)25-14-4-2-3-12(9-14)17(20,21)22;/h5-6,10,12,14H,2-4,7-9H2,1H3,(H2,23,24,25);1H. The summed E-state index contributed by atoms with van der Waals surface area (Å²) in [5.74, 6) is -2.16. The third kappa shape index (κ3) is 6.88. The SMILES string of the molecule is CN=C(NCCc1ccc(F)cc1F)NC1CCCC(C(F)(F)F)C1.I. The zero-order valence-electron chi connectivity index (χ0n) is 14.4. The average Bonchev–Trinajstić information content (AvgIpc) is 2.55. The molecule has 1 aromatic rings. The van der Waals surface area contributed by atoms with Gasteiger partial charge in [-0.05, 0) is 37.3 Å². The molecule has 0 bridgehead atoms. The van der Waals surface area contributed by atoms with Crippen molar-refractivity contribution in [2.24, 2.45) is 10.9 Å². The Kier molecular flexibility index (Phi) is 9.05. The summed E-state index contributed by atoms with van der Waals surface area (Å²) in [6, 6.07) is 3.08. The Hall–Kier alpha value is -1.13. The van der Waals surface area contributed by atoms with Gasteiger partial charge in [-0.3, -0.25) is 4.99 Å². The molecule has 0 heterocycles. The predicted octanol–water partition coefficient (Wildman–Crippen LogP) is 4.41. The maximum absolute atomic E-state index is 13.6. The normalized spacial score (nSPS) is 21.1. The van der Waals surface area contributed by atoms with Crippen LogP contribution in [0.1, 0.15) is 31.2 Å². The monoisotopic (exact) mass is 491 g/mol. The molecule has 0 aliphatic heterocycles. The average molecular weight is 491 g/mol. The van der Waals surface area contributed by atoms with E-state index < -0.39 is 23.7 Å². The summed E-state index contributed by atoms with van der Waals surface area (Å²) in [6.45, 7) is 0.331. The smallest absolute Gasteiger partial charge is 0.356 e. The minimum atomic E-state index is -4.17. The number of hydrogen-bond donors (Lipinski definition) is 2. The van der Waals surface area contributed by atoms with Crippen LogP contribution in [0.15, 0.2) is 23.2 Å². The molecule has 1 aliphatic carbocycles. The van der Waals surface area contributed by atoms with Gasteiger partial charge < -0.3 is 10.6 Å². The lowest BCUT2D eigenvalue weighted by atomic mass is 9.85. The highest BCUT2D eigenvalue weighted by atomic mass is 127. The highest BCUT2D eigenvalue weighted by molar-refractivity contribution is 14.0. The molecule has 2 atom stereocenters. The first kappa shape index (κ1) is 22.9. The van der Waals surface area contributed by atoms with Crippen molar-refractivity contribution in [2.45, 2.75) is 44.3 Å². The van der Waals surface area contributed by atoms with Crippen LogP contribution in [0, 0.1) is 17.6 Å². The Morgan fingerprint density at radius 1 is 1.23 bits per heavy atom. The molecule has 1 saturated carbocycles. The second-order valence-corrected chi connectivity index (χ2v) is 6.23. The minimum absolute atomic E-state index is 0. The first-order valence-corrected chi connectivity index (χ1v) is 8.27. The Morgan fingerprint density at radius 2 is 1.96 bits per heavy atom. The van der Waals surface area contributed by atoms with Crippen molar-refractivity contribution >= 4 is 29.9 Å². The Morgan fingerprint density at radius 3 is 2.58 bits per heavy atom. The van der Waals surface area contributed by atoms with Gasteiger partial charge in [0.1, 0.15) is 11.6 Å². The van der Waals surface area contributed by atoms with E-state index in [0.29, 0.717) is 37.3 Å². The predicted molar refractivity (Wildman–Crippen MR) is 102 cm³/mol. The van der Waals surface area contributed by atoms with E-state index in [1.54, 1.807) is 0 Å². The second-order valence-electron chi connectivity index (χ2n) is 6.23. The first-order valence-electron chi connectivity index (χ1n) is 8.27. The molecule has 3 nitrogen and oxygen atoms in total. The molecule has 2 unspecified atom stereocenters. The largest absolute Gasteiger partial charge is 0.391 e. The number of nitrogens with one attached hydrogen (secondary N) is 2. The van der Waals surface area contributed by atoms with E-state index in [-0.39, 0.29) is 42.9 Å². The third-order valence-electron chi connectivity index (χ3n) is 4.40. The van der Waals surface area contributed by atoms with Crippen molar-refractivity contribution in [3.05, 3.63) is 35.4 Å². The van der Waals surface area contributed by atoms with E-state index in [1.807, 2.05) is 0 Å². The number of halogens is 6. The van der Waals surface area contributed by atoms with Gasteiger partial charge in [0.15, 0.2) is 5.96 Å². The topological polar surface area (TPSA) is 36.4 Å². The van der Waals surface area contributed by atoms with Crippen LogP contribution in [0.2, 0.25) is 0 Å². The van der Waals surface area contributed by atoms with Crippen molar-refractivity contribution in [3.8, 4) is 0 Å². The van der Waals surface area contributed by atoms with Gasteiger partial charge in [0.2, 0.25) is 0 Å². The fourth-order valence-electron chi connectivity index (χ4n) is 3.05. The maximum atomic E-state index is 13.6. The van der Waals surface area contributed by atoms with Crippen LogP contribution in [0.4, 0.5) is 22.0 Å². The van der Waals surface area contributed by atoms with Crippen LogP contribution < -0.4 is 10.6 Å². The van der Waals surface area contributed by atoms with E-state index in [1.165, 1.54) is 19.2 Å². The molecule has 1 fully saturated rings. The zero-order valence-corrected chi connectivity index (χ0v) is 16.7. The van der Waals surface area contributed by atoms with Crippen LogP contribution in [-0.2, 0) is 6.42 Å². The Bertz CT molecular complexity index is 607. The molecule has 0 spiro atoms. The van der Waals surface area contributed by atoms with Gasteiger partial charge in [0, 0.05) is 25.7 Å². The second kappa shape index (κ2) is 10.3. The van der Waals surface area contributed by atoms with Gasteiger partial charge in [0.05, 0.1) is 5.92 Å². The van der Waals surface area contributed by atoms with Gasteiger partial charge in [-0.1, -0.05) is 12.5 Å². The fraction of sp³-hybridized carbons (Fsp3) is 0.588. The number of benzene rings is 1. The van der Waals surface area contributed by atoms with Gasteiger partial charge >= 0.3 is 6.18 Å². The molecule has 2 N–H and O–H groups in total. The summed E-state index contributed by atoms with van der Waals surface area (Å²) in [5.41, 5.74) is 0.360. The summed E-state index contributed by atoms with van der Waals surface area (Å²) < 4.78 is 65.0. The van der Waals surface area contributed by atoms with Crippen LogP contribution in [0.3, 0.4) is 0 Å². The lowest BCUT2D eigenvalue weighted by molar-refractivity contribution is -0.183. The van der Waals surface area contributed by atoms with Gasteiger partial charge in [-0.25, -0.2) is 8.78 Å². The van der Waals surface area contributed by atoms with E-state index in [0.717, 1.165) is 6.07 Å². The number of aliphatic imine (C=N–C) groups is 1. The molecular formula is C17H23F5IN3. The summed E-state index contributed by atoms with van der Waals surface area (Å²) in [6.07, 6.45) is -2.51. The van der Waals surface area contributed by atoms with Crippen molar-refractivity contribution in [2.75, 3.05) is 13.6 Å². The highest BCUT2D eigenvalue weighted by Crippen LogP contribution is 2.37. The van der Waals surface area contributed by atoms with Crippen LogP contribution in [-0.4, -0.2) is 31.8 Å². The number of guanidine groups is 1. The van der Waals surface area contributed by atoms with Crippen LogP contribution in [0.5, 0.6) is 0 Å². The van der Waals surface area contributed by atoms with Crippen LogP contribution >= 0.6 is 24.0 Å². The molecule has 0 radical (unpaired) electrons. The molecular weight excluding hydrogens is 468 g/mol. The third-order valence-corrected chi connectivity index (χ3v) is 4.40. The van der Waals surface area contributed by atoms with E-state index in [2.05, 4.69) is 15.6 Å². The minimum Gasteiger partial charge on any atom is -0.356 e. The summed E-state index contributed by atoms with van der Waals surface area (Å²) in [4.78, 5) is 4.00. The van der Waals surface area contributed by atoms with Crippen molar-refractivity contribution < 1.29 is 22.0 Å². The molecule has 26 heavy (non-hydrogen) atoms.